The van der Waals surface area contributed by atoms with Crippen LogP contribution in [0.25, 0.3) is 0 Å². The SMILES string of the molecule is CCOP(=O)(C=CC(c1ccccc1)c1ccccc1)OCC. The molecule has 2 aromatic rings. The summed E-state index contributed by atoms with van der Waals surface area (Å²) in [5, 5.41) is 0. The van der Waals surface area contributed by atoms with E-state index in [2.05, 4.69) is 24.3 Å². The lowest BCUT2D eigenvalue weighted by atomic mass is 9.92. The van der Waals surface area contributed by atoms with Crippen LogP contribution in [0.5, 0.6) is 0 Å². The van der Waals surface area contributed by atoms with Gasteiger partial charge in [0.1, 0.15) is 0 Å². The first-order chi connectivity index (χ1) is 11.2. The Bertz CT molecular complexity index is 603. The zero-order valence-electron chi connectivity index (χ0n) is 13.6. The molecule has 0 bridgehead atoms. The Kier molecular flexibility index (Phi) is 6.79. The van der Waals surface area contributed by atoms with Crippen molar-refractivity contribution in [2.24, 2.45) is 0 Å². The summed E-state index contributed by atoms with van der Waals surface area (Å²) in [5.41, 5.74) is 2.27. The molecule has 0 atom stereocenters. The number of benzene rings is 2. The fourth-order valence-corrected chi connectivity index (χ4v) is 3.76. The standard InChI is InChI=1S/C19H23O3P/c1-3-21-23(20,22-4-2)16-15-19(17-11-7-5-8-12-17)18-13-9-6-10-14-18/h5-16,19H,3-4H2,1-2H3. The summed E-state index contributed by atoms with van der Waals surface area (Å²) in [6, 6.07) is 20.2. The molecule has 0 unspecified atom stereocenters. The van der Waals surface area contributed by atoms with Crippen molar-refractivity contribution in [3.8, 4) is 0 Å². The van der Waals surface area contributed by atoms with Crippen LogP contribution in [0.2, 0.25) is 0 Å². The normalized spacial score (nSPS) is 12.1. The summed E-state index contributed by atoms with van der Waals surface area (Å²) in [6.07, 6.45) is 1.91. The van der Waals surface area contributed by atoms with E-state index in [1.807, 2.05) is 56.3 Å². The van der Waals surface area contributed by atoms with Crippen molar-refractivity contribution < 1.29 is 13.6 Å². The molecule has 0 amide bonds. The lowest BCUT2D eigenvalue weighted by molar-refractivity contribution is 0.229. The van der Waals surface area contributed by atoms with Gasteiger partial charge in [0.25, 0.3) is 0 Å². The van der Waals surface area contributed by atoms with Gasteiger partial charge in [0.15, 0.2) is 0 Å². The van der Waals surface area contributed by atoms with Gasteiger partial charge in [0, 0.05) is 11.7 Å². The van der Waals surface area contributed by atoms with Crippen LogP contribution in [-0.4, -0.2) is 13.2 Å². The Balaban J connectivity index is 2.35. The van der Waals surface area contributed by atoms with Crippen LogP contribution in [0.4, 0.5) is 0 Å². The third-order valence-electron chi connectivity index (χ3n) is 3.40. The molecular weight excluding hydrogens is 307 g/mol. The van der Waals surface area contributed by atoms with Gasteiger partial charge in [-0.05, 0) is 25.0 Å². The Morgan fingerprint density at radius 3 is 1.70 bits per heavy atom. The van der Waals surface area contributed by atoms with E-state index in [9.17, 15) is 4.57 Å². The van der Waals surface area contributed by atoms with E-state index in [0.717, 1.165) is 11.1 Å². The Morgan fingerprint density at radius 2 is 1.30 bits per heavy atom. The number of hydrogen-bond acceptors (Lipinski definition) is 3. The molecule has 0 heterocycles. The molecule has 0 N–H and O–H groups in total. The predicted molar refractivity (Wildman–Crippen MR) is 94.7 cm³/mol. The minimum Gasteiger partial charge on any atom is -0.306 e. The zero-order chi connectivity index (χ0) is 16.5. The molecule has 0 spiro atoms. The van der Waals surface area contributed by atoms with E-state index in [4.69, 9.17) is 9.05 Å². The fraction of sp³-hybridized carbons (Fsp3) is 0.263. The minimum absolute atomic E-state index is 0.00615. The molecule has 0 radical (unpaired) electrons. The highest BCUT2D eigenvalue weighted by Crippen LogP contribution is 2.50. The van der Waals surface area contributed by atoms with Crippen LogP contribution in [0, 0.1) is 0 Å². The van der Waals surface area contributed by atoms with E-state index >= 15 is 0 Å². The Hall–Kier alpha value is -1.67. The lowest BCUT2D eigenvalue weighted by Crippen LogP contribution is -1.99. The van der Waals surface area contributed by atoms with Gasteiger partial charge < -0.3 is 9.05 Å². The molecule has 23 heavy (non-hydrogen) atoms. The fourth-order valence-electron chi connectivity index (χ4n) is 2.41. The average Bonchev–Trinajstić information content (AvgIpc) is 2.57. The van der Waals surface area contributed by atoms with Crippen LogP contribution < -0.4 is 0 Å². The molecular formula is C19H23O3P. The molecule has 122 valence electrons. The van der Waals surface area contributed by atoms with Gasteiger partial charge in [-0.25, -0.2) is 0 Å². The Labute approximate surface area is 138 Å². The van der Waals surface area contributed by atoms with Gasteiger partial charge in [0.05, 0.1) is 13.2 Å². The summed E-state index contributed by atoms with van der Waals surface area (Å²) in [4.78, 5) is 0. The van der Waals surface area contributed by atoms with E-state index in [-0.39, 0.29) is 5.92 Å². The largest absolute Gasteiger partial charge is 0.353 e. The monoisotopic (exact) mass is 330 g/mol. The Morgan fingerprint density at radius 1 is 0.870 bits per heavy atom. The first kappa shape index (κ1) is 17.7. The van der Waals surface area contributed by atoms with Crippen LogP contribution in [0.15, 0.2) is 72.6 Å². The van der Waals surface area contributed by atoms with Crippen LogP contribution in [0.3, 0.4) is 0 Å². The summed E-state index contributed by atoms with van der Waals surface area (Å²) in [6.45, 7) is 4.32. The number of hydrogen-bond donors (Lipinski definition) is 0. The smallest absolute Gasteiger partial charge is 0.306 e. The summed E-state index contributed by atoms with van der Waals surface area (Å²) in [5.74, 6) is 1.59. The van der Waals surface area contributed by atoms with Crippen LogP contribution in [-0.2, 0) is 13.6 Å². The molecule has 0 aromatic heterocycles. The van der Waals surface area contributed by atoms with E-state index in [1.54, 1.807) is 5.82 Å². The summed E-state index contributed by atoms with van der Waals surface area (Å²) < 4.78 is 23.3. The molecule has 0 fully saturated rings. The molecule has 3 nitrogen and oxygen atoms in total. The second kappa shape index (κ2) is 8.83. The molecule has 4 heteroatoms. The van der Waals surface area contributed by atoms with Gasteiger partial charge in [0.2, 0.25) is 0 Å². The lowest BCUT2D eigenvalue weighted by Gasteiger charge is -2.17. The maximum atomic E-state index is 12.6. The summed E-state index contributed by atoms with van der Waals surface area (Å²) >= 11 is 0. The van der Waals surface area contributed by atoms with E-state index in [0.29, 0.717) is 13.2 Å². The second-order valence-corrected chi connectivity index (χ2v) is 6.91. The van der Waals surface area contributed by atoms with Crippen molar-refractivity contribution in [3.63, 3.8) is 0 Å². The highest BCUT2D eigenvalue weighted by Gasteiger charge is 2.20. The zero-order valence-corrected chi connectivity index (χ0v) is 14.5. The van der Waals surface area contributed by atoms with Gasteiger partial charge in [-0.2, -0.15) is 0 Å². The van der Waals surface area contributed by atoms with Crippen molar-refractivity contribution in [1.29, 1.82) is 0 Å². The van der Waals surface area contributed by atoms with E-state index < -0.39 is 7.60 Å². The highest BCUT2D eigenvalue weighted by atomic mass is 31.2. The van der Waals surface area contributed by atoms with Crippen molar-refractivity contribution >= 4 is 7.60 Å². The molecule has 0 saturated heterocycles. The second-order valence-electron chi connectivity index (χ2n) is 5.02. The third kappa shape index (κ3) is 5.18. The van der Waals surface area contributed by atoms with Gasteiger partial charge in [-0.3, -0.25) is 4.57 Å². The first-order valence-corrected chi connectivity index (χ1v) is 9.47. The van der Waals surface area contributed by atoms with E-state index in [1.165, 1.54) is 0 Å². The maximum Gasteiger partial charge on any atom is 0.353 e. The topological polar surface area (TPSA) is 35.5 Å². The van der Waals surface area contributed by atoms with Crippen molar-refractivity contribution in [2.45, 2.75) is 19.8 Å². The quantitative estimate of drug-likeness (QED) is 0.591. The van der Waals surface area contributed by atoms with Crippen molar-refractivity contribution in [2.75, 3.05) is 13.2 Å². The molecule has 0 aliphatic rings. The molecule has 0 saturated carbocycles. The van der Waals surface area contributed by atoms with Crippen molar-refractivity contribution in [3.05, 3.63) is 83.7 Å². The molecule has 2 rings (SSSR count). The van der Waals surface area contributed by atoms with Gasteiger partial charge >= 0.3 is 7.60 Å². The molecule has 0 aliphatic carbocycles. The van der Waals surface area contributed by atoms with Crippen LogP contribution >= 0.6 is 7.60 Å². The molecule has 0 aliphatic heterocycles. The van der Waals surface area contributed by atoms with Gasteiger partial charge in [-0.15, -0.1) is 0 Å². The third-order valence-corrected chi connectivity index (χ3v) is 5.17. The van der Waals surface area contributed by atoms with Gasteiger partial charge in [-0.1, -0.05) is 66.7 Å². The number of allylic oxidation sites excluding steroid dienone is 1. The number of rotatable bonds is 8. The average molecular weight is 330 g/mol. The highest BCUT2D eigenvalue weighted by molar-refractivity contribution is 7.57. The summed E-state index contributed by atoms with van der Waals surface area (Å²) in [7, 11) is -3.19. The maximum absolute atomic E-state index is 12.6. The minimum atomic E-state index is -3.19. The van der Waals surface area contributed by atoms with Crippen molar-refractivity contribution in [1.82, 2.24) is 0 Å². The van der Waals surface area contributed by atoms with Crippen LogP contribution in [0.1, 0.15) is 30.9 Å². The molecule has 2 aromatic carbocycles. The first-order valence-electron chi connectivity index (χ1n) is 7.86. The predicted octanol–water partition coefficient (Wildman–Crippen LogP) is 5.60.